The lowest BCUT2D eigenvalue weighted by atomic mass is 10.1. The third-order valence-corrected chi connectivity index (χ3v) is 6.53. The first-order valence-corrected chi connectivity index (χ1v) is 11.5. The van der Waals surface area contributed by atoms with Crippen molar-refractivity contribution in [3.05, 3.63) is 92.8 Å². The van der Waals surface area contributed by atoms with E-state index in [2.05, 4.69) is 10.3 Å². The molecule has 3 N–H and O–H groups in total. The summed E-state index contributed by atoms with van der Waals surface area (Å²) in [6, 6.07) is 16.0. The molecule has 2 aromatic heterocycles. The predicted molar refractivity (Wildman–Crippen MR) is 133 cm³/mol. The Morgan fingerprint density at radius 2 is 1.80 bits per heavy atom. The zero-order chi connectivity index (χ0) is 24.9. The summed E-state index contributed by atoms with van der Waals surface area (Å²) in [6.07, 6.45) is 1.83. The molecule has 0 fully saturated rings. The molecule has 0 bridgehead atoms. The van der Waals surface area contributed by atoms with Gasteiger partial charge in [0.15, 0.2) is 0 Å². The van der Waals surface area contributed by atoms with Gasteiger partial charge < -0.3 is 15.8 Å². The van der Waals surface area contributed by atoms with E-state index in [4.69, 9.17) is 10.5 Å². The van der Waals surface area contributed by atoms with E-state index in [0.29, 0.717) is 21.7 Å². The van der Waals surface area contributed by atoms with Gasteiger partial charge in [-0.25, -0.2) is 9.78 Å². The molecule has 4 rings (SSSR count). The van der Waals surface area contributed by atoms with Crippen molar-refractivity contribution < 1.29 is 19.1 Å². The number of fused-ring (bicyclic) bond motifs is 1. The fourth-order valence-electron chi connectivity index (χ4n) is 3.59. The quantitative estimate of drug-likeness (QED) is 0.365. The van der Waals surface area contributed by atoms with Crippen molar-refractivity contribution >= 4 is 45.0 Å². The Morgan fingerprint density at radius 1 is 1.09 bits per heavy atom. The van der Waals surface area contributed by atoms with Gasteiger partial charge in [0.2, 0.25) is 5.91 Å². The van der Waals surface area contributed by atoms with E-state index in [0.717, 1.165) is 21.5 Å². The summed E-state index contributed by atoms with van der Waals surface area (Å²) in [6.45, 7) is 1.53. The Kier molecular flexibility index (Phi) is 7.02. The van der Waals surface area contributed by atoms with E-state index in [1.54, 1.807) is 25.1 Å². The molecule has 178 valence electrons. The van der Waals surface area contributed by atoms with Crippen molar-refractivity contribution in [2.75, 3.05) is 11.9 Å². The minimum absolute atomic E-state index is 0.158. The zero-order valence-electron chi connectivity index (χ0n) is 18.8. The van der Waals surface area contributed by atoms with E-state index >= 15 is 0 Å². The Morgan fingerprint density at radius 3 is 2.54 bits per heavy atom. The monoisotopic (exact) mass is 490 g/mol. The Balaban J connectivity index is 1.49. The van der Waals surface area contributed by atoms with E-state index < -0.39 is 23.3 Å². The first kappa shape index (κ1) is 23.8. The van der Waals surface area contributed by atoms with Gasteiger partial charge in [-0.05, 0) is 30.2 Å². The highest BCUT2D eigenvalue weighted by Gasteiger charge is 2.21. The maximum atomic E-state index is 13.1. The fraction of sp³-hybridized carbons (Fsp3) is 0.160. The van der Waals surface area contributed by atoms with Crippen molar-refractivity contribution in [3.8, 4) is 0 Å². The van der Waals surface area contributed by atoms with Gasteiger partial charge in [0.25, 0.3) is 11.5 Å². The maximum Gasteiger partial charge on any atom is 0.348 e. The van der Waals surface area contributed by atoms with Crippen LogP contribution in [0.15, 0.2) is 65.7 Å². The zero-order valence-corrected chi connectivity index (χ0v) is 19.6. The van der Waals surface area contributed by atoms with Crippen LogP contribution in [0.4, 0.5) is 5.69 Å². The third-order valence-electron chi connectivity index (χ3n) is 5.35. The number of aromatic nitrogens is 2. The summed E-state index contributed by atoms with van der Waals surface area (Å²) in [4.78, 5) is 54.8. The first-order valence-electron chi connectivity index (χ1n) is 10.7. The van der Waals surface area contributed by atoms with Crippen molar-refractivity contribution in [1.29, 1.82) is 0 Å². The van der Waals surface area contributed by atoms with Crippen LogP contribution >= 0.6 is 11.3 Å². The number of hydrogen-bond acceptors (Lipinski definition) is 7. The number of aryl methyl sites for hydroxylation is 1. The van der Waals surface area contributed by atoms with Crippen molar-refractivity contribution in [2.45, 2.75) is 19.9 Å². The van der Waals surface area contributed by atoms with Crippen molar-refractivity contribution in [1.82, 2.24) is 9.55 Å². The number of amides is 2. The number of nitrogens with one attached hydrogen (secondary N) is 1. The van der Waals surface area contributed by atoms with Gasteiger partial charge in [-0.3, -0.25) is 19.0 Å². The van der Waals surface area contributed by atoms with E-state index in [1.165, 1.54) is 12.4 Å². The molecule has 2 aromatic carbocycles. The number of nitrogens with zero attached hydrogens (tertiary/aromatic N) is 2. The van der Waals surface area contributed by atoms with Crippen LogP contribution in [0.2, 0.25) is 0 Å². The second-order valence-corrected chi connectivity index (χ2v) is 8.74. The number of ether oxygens (including phenoxy) is 1. The molecule has 10 heteroatoms. The topological polar surface area (TPSA) is 133 Å². The van der Waals surface area contributed by atoms with Crippen molar-refractivity contribution in [3.63, 3.8) is 0 Å². The lowest BCUT2D eigenvalue weighted by molar-refractivity contribution is -0.116. The van der Waals surface area contributed by atoms with Crippen LogP contribution in [0.5, 0.6) is 0 Å². The molecule has 0 atom stereocenters. The normalized spacial score (nSPS) is 10.8. The number of anilines is 1. The smallest absolute Gasteiger partial charge is 0.348 e. The predicted octanol–water partition coefficient (Wildman–Crippen LogP) is 2.90. The molecule has 0 aliphatic rings. The average Bonchev–Trinajstić information content (AvgIpc) is 3.19. The average molecular weight is 491 g/mol. The van der Waals surface area contributed by atoms with E-state index in [1.807, 2.05) is 30.3 Å². The summed E-state index contributed by atoms with van der Waals surface area (Å²) < 4.78 is 6.55. The lowest BCUT2D eigenvalue weighted by Gasteiger charge is -2.10. The Labute approximate surface area is 204 Å². The standard InChI is InChI=1S/C25H22N4O5S/c1-15-20-23(35-21(15)25(33)34-12-11-16-7-3-2-4-8-16)27-14-29(24(20)32)13-19(30)28-18-10-6-5-9-17(18)22(26)31/h2-10,14H,11-13H2,1H3,(H2,26,31)(H,28,30). The van der Waals surface area contributed by atoms with Gasteiger partial charge in [-0.1, -0.05) is 42.5 Å². The molecular formula is C25H22N4O5S. The Hall–Kier alpha value is -4.31. The van der Waals surface area contributed by atoms with Crippen LogP contribution in [-0.4, -0.2) is 33.9 Å². The van der Waals surface area contributed by atoms with Crippen LogP contribution in [0.25, 0.3) is 10.2 Å². The minimum Gasteiger partial charge on any atom is -0.461 e. The maximum absolute atomic E-state index is 13.1. The van der Waals surface area contributed by atoms with E-state index in [-0.39, 0.29) is 29.8 Å². The lowest BCUT2D eigenvalue weighted by Crippen LogP contribution is -2.28. The van der Waals surface area contributed by atoms with Gasteiger partial charge >= 0.3 is 5.97 Å². The molecule has 0 unspecified atom stereocenters. The molecule has 0 aliphatic carbocycles. The highest BCUT2D eigenvalue weighted by atomic mass is 32.1. The highest BCUT2D eigenvalue weighted by molar-refractivity contribution is 7.20. The highest BCUT2D eigenvalue weighted by Crippen LogP contribution is 2.27. The second-order valence-electron chi connectivity index (χ2n) is 7.74. The van der Waals surface area contributed by atoms with Crippen LogP contribution in [0.3, 0.4) is 0 Å². The molecule has 0 saturated carbocycles. The third kappa shape index (κ3) is 5.28. The van der Waals surface area contributed by atoms with Gasteiger partial charge in [0.1, 0.15) is 16.3 Å². The molecule has 0 aliphatic heterocycles. The summed E-state index contributed by atoms with van der Waals surface area (Å²) in [7, 11) is 0. The molecule has 2 amide bonds. The number of esters is 1. The number of primary amides is 1. The number of nitrogens with two attached hydrogens (primary N) is 1. The minimum atomic E-state index is -0.682. The molecule has 2 heterocycles. The molecular weight excluding hydrogens is 468 g/mol. The molecule has 0 spiro atoms. The van der Waals surface area contributed by atoms with Crippen LogP contribution in [0.1, 0.15) is 31.2 Å². The molecule has 0 saturated heterocycles. The first-order chi connectivity index (χ1) is 16.8. The second kappa shape index (κ2) is 10.3. The number of rotatable bonds is 8. The summed E-state index contributed by atoms with van der Waals surface area (Å²) >= 11 is 1.08. The number of carbonyl (C=O) groups is 3. The largest absolute Gasteiger partial charge is 0.461 e. The number of benzene rings is 2. The van der Waals surface area contributed by atoms with Gasteiger partial charge in [-0.2, -0.15) is 0 Å². The molecule has 35 heavy (non-hydrogen) atoms. The van der Waals surface area contributed by atoms with Crippen molar-refractivity contribution in [2.24, 2.45) is 5.73 Å². The fourth-order valence-corrected chi connectivity index (χ4v) is 4.62. The number of carbonyl (C=O) groups excluding carboxylic acids is 3. The molecule has 9 nitrogen and oxygen atoms in total. The summed E-state index contributed by atoms with van der Waals surface area (Å²) in [5.41, 5.74) is 6.80. The Bertz CT molecular complexity index is 1480. The number of hydrogen-bond donors (Lipinski definition) is 2. The molecule has 0 radical (unpaired) electrons. The van der Waals surface area contributed by atoms with Crippen LogP contribution < -0.4 is 16.6 Å². The number of para-hydroxylation sites is 1. The van der Waals surface area contributed by atoms with Crippen LogP contribution in [0, 0.1) is 6.92 Å². The summed E-state index contributed by atoms with van der Waals surface area (Å²) in [5, 5.41) is 2.85. The van der Waals surface area contributed by atoms with Gasteiger partial charge in [0.05, 0.1) is 29.6 Å². The van der Waals surface area contributed by atoms with Gasteiger partial charge in [-0.15, -0.1) is 11.3 Å². The molecule has 4 aromatic rings. The van der Waals surface area contributed by atoms with Gasteiger partial charge in [0, 0.05) is 6.42 Å². The van der Waals surface area contributed by atoms with Crippen LogP contribution in [-0.2, 0) is 22.5 Å². The summed E-state index contributed by atoms with van der Waals surface area (Å²) in [5.74, 6) is -1.73. The number of thiophene rings is 1. The SMILES string of the molecule is Cc1c(C(=O)OCCc2ccccc2)sc2ncn(CC(=O)Nc3ccccc3C(N)=O)c(=O)c12. The van der Waals surface area contributed by atoms with E-state index in [9.17, 15) is 19.2 Å².